The number of H-pyrrole nitrogens is 1. The largest absolute Gasteiger partial charge is 0.480 e. The lowest BCUT2D eigenvalue weighted by Crippen LogP contribution is -2.54. The number of nitrogens with zero attached hydrogens (tertiary/aromatic N) is 4. The number of carbonyl (C=O) groups excluding carboxylic acids is 1. The minimum absolute atomic E-state index is 0.0484. The van der Waals surface area contributed by atoms with E-state index in [4.69, 9.17) is 4.74 Å². The number of nitrogens with one attached hydrogen (secondary N) is 1. The fourth-order valence-electron chi connectivity index (χ4n) is 1.95. The number of hydrogen-bond acceptors (Lipinski definition) is 5. The molecule has 2 aromatic rings. The van der Waals surface area contributed by atoms with E-state index in [9.17, 15) is 14.7 Å². The highest BCUT2D eigenvalue weighted by Gasteiger charge is 2.35. The topological polar surface area (TPSA) is 113 Å². The van der Waals surface area contributed by atoms with Gasteiger partial charge in [-0.05, 0) is 20.8 Å². The van der Waals surface area contributed by atoms with Crippen LogP contribution in [0.3, 0.4) is 0 Å². The van der Waals surface area contributed by atoms with Crippen LogP contribution in [0.15, 0.2) is 31.2 Å². The number of aromatic amines is 1. The highest BCUT2D eigenvalue weighted by molar-refractivity contribution is 5.88. The predicted molar refractivity (Wildman–Crippen MR) is 80.4 cm³/mol. The molecule has 23 heavy (non-hydrogen) atoms. The molecule has 9 heteroatoms. The smallest absolute Gasteiger partial charge is 0.430 e. The summed E-state index contributed by atoms with van der Waals surface area (Å²) in [5.41, 5.74) is -0.168. The number of carboxylic acid groups (broad SMARTS) is 1. The quantitative estimate of drug-likeness (QED) is 0.854. The summed E-state index contributed by atoms with van der Waals surface area (Å²) in [4.78, 5) is 34.8. The minimum atomic E-state index is -1.18. The molecule has 1 atom stereocenters. The van der Waals surface area contributed by atoms with E-state index in [0.29, 0.717) is 5.69 Å². The van der Waals surface area contributed by atoms with Crippen molar-refractivity contribution < 1.29 is 19.4 Å². The second-order valence-electron chi connectivity index (χ2n) is 5.90. The fraction of sp³-hybridized carbons (Fsp3) is 0.429. The first-order valence-electron chi connectivity index (χ1n) is 6.98. The average Bonchev–Trinajstić information content (AvgIpc) is 3.08. The van der Waals surface area contributed by atoms with Gasteiger partial charge in [-0.2, -0.15) is 5.01 Å². The number of aliphatic carboxylic acids is 1. The number of amides is 1. The molecule has 0 saturated carbocycles. The Kier molecular flexibility index (Phi) is 4.68. The van der Waals surface area contributed by atoms with Crippen LogP contribution in [-0.4, -0.2) is 48.4 Å². The molecule has 0 bridgehead atoms. The number of aromatic nitrogens is 4. The van der Waals surface area contributed by atoms with Gasteiger partial charge in [-0.3, -0.25) is 0 Å². The molecule has 1 amide bonds. The molecule has 0 aliphatic carbocycles. The molecule has 0 saturated heterocycles. The molecule has 124 valence electrons. The summed E-state index contributed by atoms with van der Waals surface area (Å²) in [6, 6.07) is -1.18. The molecule has 2 aromatic heterocycles. The Hall–Kier alpha value is -2.84. The van der Waals surface area contributed by atoms with Crippen molar-refractivity contribution in [1.82, 2.24) is 19.6 Å². The van der Waals surface area contributed by atoms with Gasteiger partial charge in [0, 0.05) is 30.7 Å². The summed E-state index contributed by atoms with van der Waals surface area (Å²) in [5, 5.41) is 10.6. The van der Waals surface area contributed by atoms with Crippen molar-refractivity contribution in [1.29, 1.82) is 0 Å². The normalized spacial score (nSPS) is 12.7. The zero-order chi connectivity index (χ0) is 17.0. The molecule has 9 nitrogen and oxygen atoms in total. The molecule has 2 N–H and O–H groups in total. The van der Waals surface area contributed by atoms with Crippen LogP contribution >= 0.6 is 0 Å². The van der Waals surface area contributed by atoms with Gasteiger partial charge in [0.25, 0.3) is 0 Å². The van der Waals surface area contributed by atoms with Gasteiger partial charge in [0.1, 0.15) is 11.9 Å². The first-order valence-corrected chi connectivity index (χ1v) is 6.98. The van der Waals surface area contributed by atoms with Crippen LogP contribution in [0.4, 0.5) is 4.79 Å². The van der Waals surface area contributed by atoms with Crippen molar-refractivity contribution >= 4 is 12.1 Å². The predicted octanol–water partition coefficient (Wildman–Crippen LogP) is 1.18. The van der Waals surface area contributed by atoms with Gasteiger partial charge in [0.15, 0.2) is 6.04 Å². The number of carbonyl (C=O) groups is 2. The molecule has 0 aliphatic rings. The van der Waals surface area contributed by atoms with Gasteiger partial charge in [0.05, 0.1) is 6.33 Å². The number of hydrogen-bond donors (Lipinski definition) is 2. The van der Waals surface area contributed by atoms with Crippen molar-refractivity contribution in [2.45, 2.75) is 38.8 Å². The lowest BCUT2D eigenvalue weighted by atomic mass is 10.1. The van der Waals surface area contributed by atoms with Gasteiger partial charge < -0.3 is 14.8 Å². The lowest BCUT2D eigenvalue weighted by molar-refractivity contribution is -0.139. The van der Waals surface area contributed by atoms with Gasteiger partial charge in [-0.1, -0.05) is 0 Å². The molecule has 0 unspecified atom stereocenters. The minimum Gasteiger partial charge on any atom is -0.480 e. The first kappa shape index (κ1) is 16.5. The van der Waals surface area contributed by atoms with Gasteiger partial charge in [-0.25, -0.2) is 24.2 Å². The zero-order valence-electron chi connectivity index (χ0n) is 13.1. The Labute approximate surface area is 132 Å². The first-order chi connectivity index (χ1) is 10.8. The van der Waals surface area contributed by atoms with Crippen molar-refractivity contribution in [3.05, 3.63) is 36.9 Å². The SMILES string of the molecule is CC(C)(C)OC(=O)N([C@@H](Cc1cnc[nH]1)C(=O)O)n1ccnc1. The zero-order valence-corrected chi connectivity index (χ0v) is 13.1. The van der Waals surface area contributed by atoms with Crippen molar-refractivity contribution in [3.63, 3.8) is 0 Å². The monoisotopic (exact) mass is 321 g/mol. The van der Waals surface area contributed by atoms with Crippen molar-refractivity contribution in [2.75, 3.05) is 5.01 Å². The number of imidazole rings is 2. The van der Waals surface area contributed by atoms with E-state index < -0.39 is 23.7 Å². The van der Waals surface area contributed by atoms with Crippen LogP contribution in [-0.2, 0) is 16.0 Å². The molecular weight excluding hydrogens is 302 g/mol. The summed E-state index contributed by atoms with van der Waals surface area (Å²) in [7, 11) is 0. The van der Waals surface area contributed by atoms with E-state index in [1.54, 1.807) is 20.8 Å². The molecule has 0 aliphatic heterocycles. The molecule has 0 radical (unpaired) electrons. The standard InChI is InChI=1S/C14H19N5O4/c1-14(2,3)23-13(22)19(18-5-4-15-9-18)11(12(20)21)6-10-7-16-8-17-10/h4-5,7-9,11H,6H2,1-3H3,(H,16,17)(H,20,21)/t11-/m0/s1. The third-order valence-corrected chi connectivity index (χ3v) is 2.87. The van der Waals surface area contributed by atoms with E-state index in [1.165, 1.54) is 35.9 Å². The maximum absolute atomic E-state index is 12.5. The lowest BCUT2D eigenvalue weighted by Gasteiger charge is -2.31. The Morgan fingerprint density at radius 1 is 1.43 bits per heavy atom. The summed E-state index contributed by atoms with van der Waals surface area (Å²) >= 11 is 0. The number of ether oxygens (including phenoxy) is 1. The van der Waals surface area contributed by atoms with Gasteiger partial charge in [-0.15, -0.1) is 0 Å². The second-order valence-corrected chi connectivity index (χ2v) is 5.90. The van der Waals surface area contributed by atoms with Crippen LogP contribution < -0.4 is 5.01 Å². The van der Waals surface area contributed by atoms with Crippen LogP contribution in [0.1, 0.15) is 26.5 Å². The third-order valence-electron chi connectivity index (χ3n) is 2.87. The molecule has 0 spiro atoms. The molecular formula is C14H19N5O4. The molecule has 0 fully saturated rings. The van der Waals surface area contributed by atoms with Crippen molar-refractivity contribution in [3.8, 4) is 0 Å². The fourth-order valence-corrected chi connectivity index (χ4v) is 1.95. The summed E-state index contributed by atoms with van der Waals surface area (Å²) < 4.78 is 6.62. The molecule has 2 rings (SSSR count). The summed E-state index contributed by atoms with van der Waals surface area (Å²) in [6.07, 6.45) is 6.50. The van der Waals surface area contributed by atoms with Crippen LogP contribution in [0.5, 0.6) is 0 Å². The third kappa shape index (κ3) is 4.31. The Morgan fingerprint density at radius 3 is 2.65 bits per heavy atom. The molecule has 0 aromatic carbocycles. The average molecular weight is 321 g/mol. The van der Waals surface area contributed by atoms with Crippen LogP contribution in [0.25, 0.3) is 0 Å². The highest BCUT2D eigenvalue weighted by atomic mass is 16.6. The van der Waals surface area contributed by atoms with E-state index in [1.807, 2.05) is 0 Å². The van der Waals surface area contributed by atoms with E-state index >= 15 is 0 Å². The maximum atomic E-state index is 12.5. The van der Waals surface area contributed by atoms with E-state index in [-0.39, 0.29) is 6.42 Å². The molecule has 2 heterocycles. The van der Waals surface area contributed by atoms with Gasteiger partial charge >= 0.3 is 12.1 Å². The summed E-state index contributed by atoms with van der Waals surface area (Å²) in [6.45, 7) is 5.13. The van der Waals surface area contributed by atoms with Gasteiger partial charge in [0.2, 0.25) is 0 Å². The maximum Gasteiger partial charge on any atom is 0.430 e. The summed E-state index contributed by atoms with van der Waals surface area (Å²) in [5.74, 6) is -1.17. The van der Waals surface area contributed by atoms with E-state index in [0.717, 1.165) is 5.01 Å². The Balaban J connectivity index is 2.33. The number of rotatable bonds is 5. The Morgan fingerprint density at radius 2 is 2.17 bits per heavy atom. The van der Waals surface area contributed by atoms with Crippen LogP contribution in [0.2, 0.25) is 0 Å². The van der Waals surface area contributed by atoms with E-state index in [2.05, 4.69) is 15.0 Å². The second kappa shape index (κ2) is 6.51. The Bertz CT molecular complexity index is 645. The van der Waals surface area contributed by atoms with Crippen LogP contribution in [0, 0.1) is 0 Å². The highest BCUT2D eigenvalue weighted by Crippen LogP contribution is 2.14. The van der Waals surface area contributed by atoms with Crippen molar-refractivity contribution in [2.24, 2.45) is 0 Å². The number of carboxylic acids is 1.